The van der Waals surface area contributed by atoms with Gasteiger partial charge < -0.3 is 10.3 Å². The average molecular weight is 202 g/mol. The molecule has 0 heterocycles. The van der Waals surface area contributed by atoms with Crippen LogP contribution in [0.15, 0.2) is 12.7 Å². The van der Waals surface area contributed by atoms with Crippen molar-refractivity contribution >= 4 is 17.3 Å². The summed E-state index contributed by atoms with van der Waals surface area (Å²) < 4.78 is 13.6. The van der Waals surface area contributed by atoms with Gasteiger partial charge in [0.2, 0.25) is 0 Å². The van der Waals surface area contributed by atoms with Gasteiger partial charge in [0.05, 0.1) is 17.4 Å². The number of rotatable bonds is 5. The van der Waals surface area contributed by atoms with Crippen LogP contribution in [-0.4, -0.2) is 21.8 Å². The lowest BCUT2D eigenvalue weighted by molar-refractivity contribution is -0.120. The zero-order valence-corrected chi connectivity index (χ0v) is 8.18. The predicted molar refractivity (Wildman–Crippen MR) is 52.1 cm³/mol. The zero-order chi connectivity index (χ0) is 9.84. The largest absolute Gasteiger partial charge is 0.593 e. The first-order chi connectivity index (χ1) is 6.15. The molecule has 1 aliphatic carbocycles. The third-order valence-corrected chi connectivity index (χ3v) is 3.26. The standard InChI is InChI=1S/C8H14N2O2S/c1-2-3-7(9)8(11)10-13(12)6-4-5-6/h2,6-7H,1,3-5,9H2,(H,10,11). The molecule has 1 aliphatic rings. The van der Waals surface area contributed by atoms with Crippen LogP contribution < -0.4 is 10.5 Å². The summed E-state index contributed by atoms with van der Waals surface area (Å²) in [6.45, 7) is 3.47. The number of nitrogens with one attached hydrogen (secondary N) is 1. The number of carbonyl (C=O) groups excluding carboxylic acids is 1. The molecule has 2 unspecified atom stereocenters. The fourth-order valence-corrected chi connectivity index (χ4v) is 1.91. The molecule has 5 heteroatoms. The molecule has 2 atom stereocenters. The van der Waals surface area contributed by atoms with Gasteiger partial charge >= 0.3 is 0 Å². The average Bonchev–Trinajstić information content (AvgIpc) is 2.86. The highest BCUT2D eigenvalue weighted by atomic mass is 32.2. The van der Waals surface area contributed by atoms with Crippen molar-refractivity contribution < 1.29 is 9.35 Å². The highest BCUT2D eigenvalue weighted by molar-refractivity contribution is 7.90. The summed E-state index contributed by atoms with van der Waals surface area (Å²) >= 11 is -1.23. The van der Waals surface area contributed by atoms with E-state index in [9.17, 15) is 9.35 Å². The second kappa shape index (κ2) is 4.64. The lowest BCUT2D eigenvalue weighted by Crippen LogP contribution is -2.44. The summed E-state index contributed by atoms with van der Waals surface area (Å²) in [5, 5.41) is 0.153. The van der Waals surface area contributed by atoms with Crippen molar-refractivity contribution in [3.05, 3.63) is 12.7 Å². The molecule has 0 radical (unpaired) electrons. The highest BCUT2D eigenvalue weighted by Crippen LogP contribution is 2.27. The van der Waals surface area contributed by atoms with E-state index < -0.39 is 17.4 Å². The molecule has 0 spiro atoms. The van der Waals surface area contributed by atoms with E-state index in [-0.39, 0.29) is 11.2 Å². The number of hydrogen-bond acceptors (Lipinski definition) is 3. The van der Waals surface area contributed by atoms with Crippen molar-refractivity contribution in [1.29, 1.82) is 0 Å². The Balaban J connectivity index is 2.25. The zero-order valence-electron chi connectivity index (χ0n) is 7.36. The SMILES string of the molecule is C=CCC(N)C(=O)N[S+]([O-])C1CC1. The Labute approximate surface area is 80.9 Å². The molecule has 1 rings (SSSR count). The Hall–Kier alpha value is -0.520. The van der Waals surface area contributed by atoms with Gasteiger partial charge in [0.25, 0.3) is 5.91 Å². The Morgan fingerprint density at radius 2 is 2.46 bits per heavy atom. The van der Waals surface area contributed by atoms with E-state index in [1.54, 1.807) is 6.08 Å². The molecule has 3 N–H and O–H groups in total. The summed E-state index contributed by atoms with van der Waals surface area (Å²) in [6.07, 6.45) is 3.85. The van der Waals surface area contributed by atoms with Gasteiger partial charge in [-0.25, -0.2) is 0 Å². The van der Waals surface area contributed by atoms with Gasteiger partial charge in [0.1, 0.15) is 5.25 Å². The Bertz CT molecular complexity index is 206. The van der Waals surface area contributed by atoms with Gasteiger partial charge in [-0.2, -0.15) is 4.72 Å². The molecule has 74 valence electrons. The summed E-state index contributed by atoms with van der Waals surface area (Å²) in [7, 11) is 0. The van der Waals surface area contributed by atoms with Crippen LogP contribution in [0.5, 0.6) is 0 Å². The highest BCUT2D eigenvalue weighted by Gasteiger charge is 2.36. The third-order valence-electron chi connectivity index (χ3n) is 1.79. The van der Waals surface area contributed by atoms with Gasteiger partial charge in [0.15, 0.2) is 0 Å². The van der Waals surface area contributed by atoms with Gasteiger partial charge in [-0.15, -0.1) is 6.58 Å². The first-order valence-corrected chi connectivity index (χ1v) is 5.44. The first-order valence-electron chi connectivity index (χ1n) is 4.22. The van der Waals surface area contributed by atoms with Crippen molar-refractivity contribution in [3.8, 4) is 0 Å². The van der Waals surface area contributed by atoms with Crippen molar-refractivity contribution in [3.63, 3.8) is 0 Å². The number of hydrogen-bond donors (Lipinski definition) is 2. The van der Waals surface area contributed by atoms with Gasteiger partial charge in [-0.1, -0.05) is 6.08 Å². The van der Waals surface area contributed by atoms with E-state index in [4.69, 9.17) is 5.73 Å². The Kier molecular flexibility index (Phi) is 3.77. The first kappa shape index (κ1) is 10.6. The lowest BCUT2D eigenvalue weighted by Gasteiger charge is -2.12. The van der Waals surface area contributed by atoms with Crippen LogP contribution >= 0.6 is 0 Å². The molecule has 0 aliphatic heterocycles. The van der Waals surface area contributed by atoms with Crippen molar-refractivity contribution in [2.75, 3.05) is 0 Å². The van der Waals surface area contributed by atoms with E-state index in [0.29, 0.717) is 6.42 Å². The molecule has 0 saturated heterocycles. The quantitative estimate of drug-likeness (QED) is 0.480. The van der Waals surface area contributed by atoms with Crippen molar-refractivity contribution in [2.24, 2.45) is 5.73 Å². The summed E-state index contributed by atoms with van der Waals surface area (Å²) in [4.78, 5) is 11.2. The molecule has 1 saturated carbocycles. The molecule has 0 aromatic rings. The summed E-state index contributed by atoms with van der Waals surface area (Å²) in [6, 6.07) is -0.625. The van der Waals surface area contributed by atoms with E-state index in [2.05, 4.69) is 11.3 Å². The van der Waals surface area contributed by atoms with Gasteiger partial charge in [0, 0.05) is 12.8 Å². The number of nitrogens with two attached hydrogens (primary N) is 1. The van der Waals surface area contributed by atoms with E-state index >= 15 is 0 Å². The summed E-state index contributed by atoms with van der Waals surface area (Å²) in [5.41, 5.74) is 5.48. The van der Waals surface area contributed by atoms with E-state index in [0.717, 1.165) is 12.8 Å². The molecule has 0 aromatic heterocycles. The third kappa shape index (κ3) is 3.38. The van der Waals surface area contributed by atoms with Gasteiger partial charge in [-0.05, 0) is 6.42 Å². The van der Waals surface area contributed by atoms with E-state index in [1.807, 2.05) is 0 Å². The normalized spacial score (nSPS) is 20.5. The van der Waals surface area contributed by atoms with E-state index in [1.165, 1.54) is 0 Å². The maximum atomic E-state index is 11.2. The lowest BCUT2D eigenvalue weighted by atomic mass is 10.2. The van der Waals surface area contributed by atoms with Crippen LogP contribution in [0.25, 0.3) is 0 Å². The number of amides is 1. The smallest absolute Gasteiger partial charge is 0.278 e. The monoisotopic (exact) mass is 202 g/mol. The van der Waals surface area contributed by atoms with Crippen molar-refractivity contribution in [1.82, 2.24) is 4.72 Å². The molecular weight excluding hydrogens is 188 g/mol. The molecule has 0 aromatic carbocycles. The maximum absolute atomic E-state index is 11.2. The minimum atomic E-state index is -1.23. The Morgan fingerprint density at radius 1 is 1.85 bits per heavy atom. The van der Waals surface area contributed by atoms with Crippen LogP contribution in [0.3, 0.4) is 0 Å². The molecule has 4 nitrogen and oxygen atoms in total. The topological polar surface area (TPSA) is 78.2 Å². The second-order valence-electron chi connectivity index (χ2n) is 3.09. The van der Waals surface area contributed by atoms with Crippen molar-refractivity contribution in [2.45, 2.75) is 30.6 Å². The van der Waals surface area contributed by atoms with Crippen LogP contribution in [0.2, 0.25) is 0 Å². The van der Waals surface area contributed by atoms with Crippen LogP contribution in [0.1, 0.15) is 19.3 Å². The fourth-order valence-electron chi connectivity index (χ4n) is 0.827. The van der Waals surface area contributed by atoms with Crippen LogP contribution in [0, 0.1) is 0 Å². The minimum absolute atomic E-state index is 0.153. The molecule has 1 amide bonds. The summed E-state index contributed by atoms with van der Waals surface area (Å²) in [5.74, 6) is -0.356. The second-order valence-corrected chi connectivity index (χ2v) is 4.56. The maximum Gasteiger partial charge on any atom is 0.278 e. The predicted octanol–water partition coefficient (Wildman–Crippen LogP) is -0.168. The fraction of sp³-hybridized carbons (Fsp3) is 0.625. The minimum Gasteiger partial charge on any atom is -0.593 e. The molecule has 0 bridgehead atoms. The van der Waals surface area contributed by atoms with Crippen LogP contribution in [-0.2, 0) is 16.2 Å². The molecule has 1 fully saturated rings. The molecule has 13 heavy (non-hydrogen) atoms. The van der Waals surface area contributed by atoms with Crippen LogP contribution in [0.4, 0.5) is 0 Å². The van der Waals surface area contributed by atoms with Gasteiger partial charge in [-0.3, -0.25) is 4.79 Å². The Morgan fingerprint density at radius 3 is 2.92 bits per heavy atom. The number of carbonyl (C=O) groups is 1. The molecular formula is C8H14N2O2S.